The zero-order chi connectivity index (χ0) is 15.1. The van der Waals surface area contributed by atoms with Crippen molar-refractivity contribution in [2.24, 2.45) is 0 Å². The van der Waals surface area contributed by atoms with Crippen molar-refractivity contribution >= 4 is 46.8 Å². The number of nitrogens with one attached hydrogen (secondary N) is 3. The van der Waals surface area contributed by atoms with E-state index in [4.69, 9.17) is 23.2 Å². The molecule has 0 spiro atoms. The number of amides is 2. The van der Waals surface area contributed by atoms with Crippen molar-refractivity contribution in [2.75, 3.05) is 29.9 Å². The SMILES string of the molecule is O=C(NCCNc1ncc(Cl)cc1Cl)NC1CCSCC1. The molecule has 0 radical (unpaired) electrons. The van der Waals surface area contributed by atoms with Gasteiger partial charge in [0.05, 0.1) is 10.0 Å². The summed E-state index contributed by atoms with van der Waals surface area (Å²) in [4.78, 5) is 15.8. The smallest absolute Gasteiger partial charge is 0.315 e. The van der Waals surface area contributed by atoms with Crippen LogP contribution in [0.4, 0.5) is 10.6 Å². The van der Waals surface area contributed by atoms with Crippen molar-refractivity contribution in [2.45, 2.75) is 18.9 Å². The van der Waals surface area contributed by atoms with Crippen LogP contribution in [0.25, 0.3) is 0 Å². The number of hydrogen-bond acceptors (Lipinski definition) is 4. The Labute approximate surface area is 138 Å². The van der Waals surface area contributed by atoms with Gasteiger partial charge in [0.25, 0.3) is 0 Å². The molecule has 2 rings (SSSR count). The molecule has 8 heteroatoms. The molecule has 0 aliphatic carbocycles. The molecule has 0 unspecified atom stereocenters. The summed E-state index contributed by atoms with van der Waals surface area (Å²) in [5, 5.41) is 9.81. The van der Waals surface area contributed by atoms with Gasteiger partial charge in [0, 0.05) is 25.3 Å². The lowest BCUT2D eigenvalue weighted by molar-refractivity contribution is 0.236. The molecule has 0 aromatic carbocycles. The molecule has 1 aromatic heterocycles. The summed E-state index contributed by atoms with van der Waals surface area (Å²) in [7, 11) is 0. The molecule has 21 heavy (non-hydrogen) atoms. The van der Waals surface area contributed by atoms with E-state index in [1.54, 1.807) is 6.07 Å². The molecule has 0 bridgehead atoms. The maximum absolute atomic E-state index is 11.7. The van der Waals surface area contributed by atoms with Crippen LogP contribution in [0.2, 0.25) is 10.0 Å². The average Bonchev–Trinajstić information content (AvgIpc) is 2.46. The summed E-state index contributed by atoms with van der Waals surface area (Å²) in [6.45, 7) is 1.04. The molecular weight excluding hydrogens is 331 g/mol. The molecule has 0 atom stereocenters. The van der Waals surface area contributed by atoms with Crippen LogP contribution in [-0.2, 0) is 0 Å². The van der Waals surface area contributed by atoms with Gasteiger partial charge in [0.1, 0.15) is 5.82 Å². The number of hydrogen-bond donors (Lipinski definition) is 3. The topological polar surface area (TPSA) is 66.0 Å². The Bertz CT molecular complexity index is 483. The molecule has 1 saturated heterocycles. The average molecular weight is 349 g/mol. The molecule has 0 saturated carbocycles. The molecule has 1 fully saturated rings. The first kappa shape index (κ1) is 16.5. The van der Waals surface area contributed by atoms with Gasteiger partial charge in [0.2, 0.25) is 0 Å². The Morgan fingerprint density at radius 3 is 2.81 bits per heavy atom. The Kier molecular flexibility index (Phi) is 6.73. The molecule has 5 nitrogen and oxygen atoms in total. The number of thioether (sulfide) groups is 1. The lowest BCUT2D eigenvalue weighted by Crippen LogP contribution is -2.44. The van der Waals surface area contributed by atoms with Crippen molar-refractivity contribution in [1.82, 2.24) is 15.6 Å². The van der Waals surface area contributed by atoms with Crippen LogP contribution in [-0.4, -0.2) is 41.7 Å². The number of nitrogens with zero attached hydrogens (tertiary/aromatic N) is 1. The molecule has 3 N–H and O–H groups in total. The Balaban J connectivity index is 1.63. The fourth-order valence-corrected chi connectivity index (χ4v) is 3.53. The summed E-state index contributed by atoms with van der Waals surface area (Å²) >= 11 is 13.7. The van der Waals surface area contributed by atoms with E-state index in [2.05, 4.69) is 20.9 Å². The summed E-state index contributed by atoms with van der Waals surface area (Å²) in [6, 6.07) is 1.80. The van der Waals surface area contributed by atoms with Crippen LogP contribution in [0.15, 0.2) is 12.3 Å². The highest BCUT2D eigenvalue weighted by molar-refractivity contribution is 7.99. The Morgan fingerprint density at radius 1 is 1.33 bits per heavy atom. The van der Waals surface area contributed by atoms with Crippen molar-refractivity contribution in [3.8, 4) is 0 Å². The highest BCUT2D eigenvalue weighted by Crippen LogP contribution is 2.22. The van der Waals surface area contributed by atoms with E-state index in [-0.39, 0.29) is 6.03 Å². The predicted molar refractivity (Wildman–Crippen MR) is 89.6 cm³/mol. The van der Waals surface area contributed by atoms with Gasteiger partial charge in [-0.25, -0.2) is 9.78 Å². The van der Waals surface area contributed by atoms with E-state index in [9.17, 15) is 4.79 Å². The van der Waals surface area contributed by atoms with Crippen molar-refractivity contribution in [1.29, 1.82) is 0 Å². The van der Waals surface area contributed by atoms with Gasteiger partial charge in [0.15, 0.2) is 0 Å². The van der Waals surface area contributed by atoms with E-state index < -0.39 is 0 Å². The van der Waals surface area contributed by atoms with Gasteiger partial charge in [-0.05, 0) is 30.4 Å². The van der Waals surface area contributed by atoms with Crippen molar-refractivity contribution in [3.63, 3.8) is 0 Å². The third-order valence-corrected chi connectivity index (χ3v) is 4.61. The fourth-order valence-electron chi connectivity index (χ4n) is 1.98. The third kappa shape index (κ3) is 5.80. The summed E-state index contributed by atoms with van der Waals surface area (Å²) in [5.41, 5.74) is 0. The fraction of sp³-hybridized carbons (Fsp3) is 0.538. The first-order valence-electron chi connectivity index (χ1n) is 6.82. The van der Waals surface area contributed by atoms with Gasteiger partial charge in [-0.1, -0.05) is 23.2 Å². The lowest BCUT2D eigenvalue weighted by Gasteiger charge is -2.22. The van der Waals surface area contributed by atoms with Gasteiger partial charge < -0.3 is 16.0 Å². The van der Waals surface area contributed by atoms with Gasteiger partial charge in [-0.3, -0.25) is 0 Å². The monoisotopic (exact) mass is 348 g/mol. The predicted octanol–water partition coefficient (Wildman–Crippen LogP) is 3.00. The summed E-state index contributed by atoms with van der Waals surface area (Å²) < 4.78 is 0. The Morgan fingerprint density at radius 2 is 2.10 bits per heavy atom. The number of pyridine rings is 1. The maximum atomic E-state index is 11.7. The van der Waals surface area contributed by atoms with Crippen LogP contribution in [0.3, 0.4) is 0 Å². The van der Waals surface area contributed by atoms with E-state index in [0.717, 1.165) is 24.3 Å². The molecule has 2 amide bonds. The van der Waals surface area contributed by atoms with Crippen molar-refractivity contribution in [3.05, 3.63) is 22.3 Å². The Hall–Kier alpha value is -0.850. The third-order valence-electron chi connectivity index (χ3n) is 3.07. The first-order chi connectivity index (χ1) is 10.1. The number of aromatic nitrogens is 1. The normalized spacial score (nSPS) is 15.5. The first-order valence-corrected chi connectivity index (χ1v) is 8.73. The molecule has 1 aliphatic rings. The molecule has 2 heterocycles. The van der Waals surface area contributed by atoms with Crippen LogP contribution in [0, 0.1) is 0 Å². The van der Waals surface area contributed by atoms with E-state index in [1.165, 1.54) is 6.20 Å². The largest absolute Gasteiger partial charge is 0.367 e. The molecule has 116 valence electrons. The number of carbonyl (C=O) groups excluding carboxylic acids is 1. The second-order valence-electron chi connectivity index (χ2n) is 4.70. The minimum absolute atomic E-state index is 0.121. The number of halogens is 2. The molecule has 1 aliphatic heterocycles. The molecular formula is C13H18Cl2N4OS. The quantitative estimate of drug-likeness (QED) is 0.715. The zero-order valence-electron chi connectivity index (χ0n) is 11.5. The minimum Gasteiger partial charge on any atom is -0.367 e. The lowest BCUT2D eigenvalue weighted by atomic mass is 10.2. The van der Waals surface area contributed by atoms with Crippen LogP contribution >= 0.6 is 35.0 Å². The van der Waals surface area contributed by atoms with Crippen LogP contribution in [0.5, 0.6) is 0 Å². The number of carbonyl (C=O) groups is 1. The maximum Gasteiger partial charge on any atom is 0.315 e. The summed E-state index contributed by atoms with van der Waals surface area (Å²) in [6.07, 6.45) is 3.61. The van der Waals surface area contributed by atoms with Gasteiger partial charge in [-0.2, -0.15) is 11.8 Å². The number of urea groups is 1. The second kappa shape index (κ2) is 8.56. The molecule has 1 aromatic rings. The number of rotatable bonds is 5. The number of anilines is 1. The highest BCUT2D eigenvalue weighted by atomic mass is 35.5. The van der Waals surface area contributed by atoms with E-state index in [1.807, 2.05) is 11.8 Å². The standard InChI is InChI=1S/C13H18Cl2N4OS/c14-9-7-11(15)12(18-8-9)16-3-4-17-13(20)19-10-1-5-21-6-2-10/h7-8,10H,1-6H2,(H,16,18)(H2,17,19,20). The summed E-state index contributed by atoms with van der Waals surface area (Å²) in [5.74, 6) is 2.80. The highest BCUT2D eigenvalue weighted by Gasteiger charge is 2.15. The van der Waals surface area contributed by atoms with Crippen molar-refractivity contribution < 1.29 is 4.79 Å². The second-order valence-corrected chi connectivity index (χ2v) is 6.77. The van der Waals surface area contributed by atoms with Crippen LogP contribution < -0.4 is 16.0 Å². The minimum atomic E-state index is -0.121. The van der Waals surface area contributed by atoms with E-state index >= 15 is 0 Å². The van der Waals surface area contributed by atoms with Crippen LogP contribution in [0.1, 0.15) is 12.8 Å². The zero-order valence-corrected chi connectivity index (χ0v) is 13.8. The van der Waals surface area contributed by atoms with Gasteiger partial charge in [-0.15, -0.1) is 0 Å². The van der Waals surface area contributed by atoms with Gasteiger partial charge >= 0.3 is 6.03 Å². The van der Waals surface area contributed by atoms with E-state index in [0.29, 0.717) is 35.0 Å².